The smallest absolute Gasteiger partial charge is 0.240 e. The van der Waals surface area contributed by atoms with Crippen LogP contribution < -0.4 is 11.1 Å². The Bertz CT molecular complexity index is 326. The third kappa shape index (κ3) is 3.45. The van der Waals surface area contributed by atoms with Gasteiger partial charge in [-0.2, -0.15) is 0 Å². The highest BCUT2D eigenvalue weighted by atomic mass is 16.2. The van der Waals surface area contributed by atoms with Crippen molar-refractivity contribution in [3.05, 3.63) is 0 Å². The van der Waals surface area contributed by atoms with Crippen LogP contribution in [0.15, 0.2) is 0 Å². The molecular weight excluding hydrogens is 230 g/mol. The van der Waals surface area contributed by atoms with Gasteiger partial charge in [-0.05, 0) is 38.6 Å². The first kappa shape index (κ1) is 15.0. The molecule has 0 bridgehead atoms. The van der Waals surface area contributed by atoms with Crippen LogP contribution in [0.25, 0.3) is 0 Å². The summed E-state index contributed by atoms with van der Waals surface area (Å²) in [5.41, 5.74) is 5.13. The number of primary amides is 1. The number of amides is 2. The molecule has 1 fully saturated rings. The molecule has 0 spiro atoms. The summed E-state index contributed by atoms with van der Waals surface area (Å²) in [5, 5.41) is 3.27. The molecule has 0 aromatic heterocycles. The fourth-order valence-electron chi connectivity index (χ4n) is 2.48. The van der Waals surface area contributed by atoms with E-state index in [4.69, 9.17) is 5.73 Å². The van der Waals surface area contributed by atoms with Gasteiger partial charge in [0.2, 0.25) is 11.8 Å². The highest BCUT2D eigenvalue weighted by Gasteiger charge is 2.39. The molecule has 1 heterocycles. The van der Waals surface area contributed by atoms with Crippen LogP contribution >= 0.6 is 0 Å². The first-order valence-electron chi connectivity index (χ1n) is 6.58. The predicted molar refractivity (Wildman–Crippen MR) is 70.8 cm³/mol. The molecule has 1 atom stereocenters. The van der Waals surface area contributed by atoms with E-state index in [2.05, 4.69) is 19.2 Å². The van der Waals surface area contributed by atoms with E-state index in [1.54, 1.807) is 4.90 Å². The van der Waals surface area contributed by atoms with E-state index in [0.29, 0.717) is 0 Å². The third-order valence-corrected chi connectivity index (χ3v) is 3.61. The molecule has 0 aromatic rings. The Labute approximate surface area is 109 Å². The highest BCUT2D eigenvalue weighted by molar-refractivity contribution is 5.87. The quantitative estimate of drug-likeness (QED) is 0.767. The first-order chi connectivity index (χ1) is 8.25. The van der Waals surface area contributed by atoms with E-state index >= 15 is 0 Å². The minimum atomic E-state index is -0.467. The van der Waals surface area contributed by atoms with Gasteiger partial charge in [0.05, 0.1) is 12.6 Å². The Balaban J connectivity index is 2.84. The molecule has 1 aliphatic rings. The third-order valence-electron chi connectivity index (χ3n) is 3.61. The van der Waals surface area contributed by atoms with Crippen molar-refractivity contribution in [3.63, 3.8) is 0 Å². The summed E-state index contributed by atoms with van der Waals surface area (Å²) in [7, 11) is 0. The molecule has 5 nitrogen and oxygen atoms in total. The van der Waals surface area contributed by atoms with Gasteiger partial charge in [-0.25, -0.2) is 0 Å². The fraction of sp³-hybridized carbons (Fsp3) is 0.846. The zero-order chi connectivity index (χ0) is 13.9. The number of carbonyl (C=O) groups is 2. The van der Waals surface area contributed by atoms with Crippen molar-refractivity contribution < 1.29 is 9.59 Å². The second-order valence-corrected chi connectivity index (χ2v) is 6.01. The van der Waals surface area contributed by atoms with E-state index in [1.807, 2.05) is 13.8 Å². The SMILES string of the molecule is CC(C)N(CC(N)=O)C(=O)C1NCCCC1(C)C. The minimum absolute atomic E-state index is 0.00917. The van der Waals surface area contributed by atoms with Crippen molar-refractivity contribution in [1.29, 1.82) is 0 Å². The van der Waals surface area contributed by atoms with Gasteiger partial charge >= 0.3 is 0 Å². The lowest BCUT2D eigenvalue weighted by atomic mass is 9.77. The fourth-order valence-corrected chi connectivity index (χ4v) is 2.48. The molecule has 18 heavy (non-hydrogen) atoms. The van der Waals surface area contributed by atoms with Gasteiger partial charge in [0.1, 0.15) is 0 Å². The summed E-state index contributed by atoms with van der Waals surface area (Å²) in [5.74, 6) is -0.487. The van der Waals surface area contributed by atoms with Crippen molar-refractivity contribution in [1.82, 2.24) is 10.2 Å². The molecule has 1 rings (SSSR count). The van der Waals surface area contributed by atoms with E-state index in [9.17, 15) is 9.59 Å². The largest absolute Gasteiger partial charge is 0.368 e. The van der Waals surface area contributed by atoms with Gasteiger partial charge in [-0.15, -0.1) is 0 Å². The molecule has 0 radical (unpaired) electrons. The molecule has 1 unspecified atom stereocenters. The standard InChI is InChI=1S/C13H25N3O2/c1-9(2)16(8-10(14)17)12(18)11-13(3,4)6-5-7-15-11/h9,11,15H,5-8H2,1-4H3,(H2,14,17). The lowest BCUT2D eigenvalue weighted by Gasteiger charge is -2.41. The van der Waals surface area contributed by atoms with Crippen LogP contribution in [-0.4, -0.2) is 41.9 Å². The normalized spacial score (nSPS) is 22.8. The average molecular weight is 255 g/mol. The van der Waals surface area contributed by atoms with Crippen LogP contribution in [0.4, 0.5) is 0 Å². The van der Waals surface area contributed by atoms with E-state index < -0.39 is 5.91 Å². The molecule has 1 aliphatic heterocycles. The Morgan fingerprint density at radius 3 is 2.50 bits per heavy atom. The van der Waals surface area contributed by atoms with Crippen LogP contribution in [0.1, 0.15) is 40.5 Å². The number of hydrogen-bond donors (Lipinski definition) is 2. The summed E-state index contributed by atoms with van der Waals surface area (Å²) in [4.78, 5) is 25.2. The highest BCUT2D eigenvalue weighted by Crippen LogP contribution is 2.31. The van der Waals surface area contributed by atoms with Crippen LogP contribution in [0, 0.1) is 5.41 Å². The van der Waals surface area contributed by atoms with E-state index in [1.165, 1.54) is 0 Å². The molecule has 0 aromatic carbocycles. The Morgan fingerprint density at radius 2 is 2.06 bits per heavy atom. The number of hydrogen-bond acceptors (Lipinski definition) is 3. The topological polar surface area (TPSA) is 75.4 Å². The zero-order valence-electron chi connectivity index (χ0n) is 11.8. The van der Waals surface area contributed by atoms with Crippen molar-refractivity contribution >= 4 is 11.8 Å². The second kappa shape index (κ2) is 5.69. The molecule has 104 valence electrons. The molecule has 3 N–H and O–H groups in total. The summed E-state index contributed by atoms with van der Waals surface area (Å²) in [6.45, 7) is 8.81. The van der Waals surface area contributed by atoms with Crippen molar-refractivity contribution in [2.24, 2.45) is 11.1 Å². The van der Waals surface area contributed by atoms with Gasteiger partial charge in [0.15, 0.2) is 0 Å². The molecule has 1 saturated heterocycles. The van der Waals surface area contributed by atoms with Crippen molar-refractivity contribution in [2.75, 3.05) is 13.1 Å². The van der Waals surface area contributed by atoms with Crippen molar-refractivity contribution in [2.45, 2.75) is 52.6 Å². The first-order valence-corrected chi connectivity index (χ1v) is 6.58. The number of carbonyl (C=O) groups excluding carboxylic acids is 2. The predicted octanol–water partition coefficient (Wildman–Crippen LogP) is 0.487. The molecular formula is C13H25N3O2. The van der Waals surface area contributed by atoms with Crippen LogP contribution in [0.3, 0.4) is 0 Å². The molecule has 2 amide bonds. The van der Waals surface area contributed by atoms with Crippen LogP contribution in [-0.2, 0) is 9.59 Å². The number of nitrogens with two attached hydrogens (primary N) is 1. The van der Waals surface area contributed by atoms with Gasteiger partial charge in [0.25, 0.3) is 0 Å². The lowest BCUT2D eigenvalue weighted by molar-refractivity contribution is -0.142. The van der Waals surface area contributed by atoms with Crippen molar-refractivity contribution in [3.8, 4) is 0 Å². The maximum absolute atomic E-state index is 12.5. The van der Waals surface area contributed by atoms with Crippen LogP contribution in [0.2, 0.25) is 0 Å². The summed E-state index contributed by atoms with van der Waals surface area (Å²) < 4.78 is 0. The lowest BCUT2D eigenvalue weighted by Crippen LogP contribution is -2.58. The molecule has 5 heteroatoms. The Hall–Kier alpha value is -1.10. The average Bonchev–Trinajstić information content (AvgIpc) is 2.23. The molecule has 0 saturated carbocycles. The monoisotopic (exact) mass is 255 g/mol. The zero-order valence-corrected chi connectivity index (χ0v) is 11.8. The minimum Gasteiger partial charge on any atom is -0.368 e. The Kier molecular flexibility index (Phi) is 4.73. The van der Waals surface area contributed by atoms with Gasteiger partial charge in [-0.3, -0.25) is 9.59 Å². The summed E-state index contributed by atoms with van der Waals surface area (Å²) in [6, 6.07) is -0.252. The maximum Gasteiger partial charge on any atom is 0.240 e. The summed E-state index contributed by atoms with van der Waals surface area (Å²) >= 11 is 0. The van der Waals surface area contributed by atoms with Gasteiger partial charge in [-0.1, -0.05) is 13.8 Å². The van der Waals surface area contributed by atoms with Gasteiger partial charge < -0.3 is 16.0 Å². The second-order valence-electron chi connectivity index (χ2n) is 6.01. The maximum atomic E-state index is 12.5. The summed E-state index contributed by atoms with van der Waals surface area (Å²) in [6.07, 6.45) is 2.09. The van der Waals surface area contributed by atoms with Gasteiger partial charge in [0, 0.05) is 6.04 Å². The number of piperidine rings is 1. The number of rotatable bonds is 4. The van der Waals surface area contributed by atoms with Crippen LogP contribution in [0.5, 0.6) is 0 Å². The molecule has 0 aliphatic carbocycles. The number of nitrogens with one attached hydrogen (secondary N) is 1. The van der Waals surface area contributed by atoms with E-state index in [0.717, 1.165) is 19.4 Å². The Morgan fingerprint density at radius 1 is 1.44 bits per heavy atom. The number of nitrogens with zero attached hydrogens (tertiary/aromatic N) is 1. The van der Waals surface area contributed by atoms with E-state index in [-0.39, 0.29) is 30.0 Å².